The molecule has 6 nitrogen and oxygen atoms in total. The molecule has 7 heteroatoms. The lowest BCUT2D eigenvalue weighted by Gasteiger charge is -2.10. The van der Waals surface area contributed by atoms with Gasteiger partial charge < -0.3 is 10.4 Å². The van der Waals surface area contributed by atoms with Crippen LogP contribution in [0.15, 0.2) is 72.9 Å². The SMILES string of the molecule is CC(=O)n1cc(C(=O)Nc2cc(C(=O)O)cc(-c3cccc(F)c3)c2)c2ccccc21. The number of anilines is 1. The molecule has 4 aromatic rings. The first-order chi connectivity index (χ1) is 14.8. The minimum Gasteiger partial charge on any atom is -0.478 e. The molecule has 0 spiro atoms. The number of carbonyl (C=O) groups is 3. The number of halogens is 1. The number of carbonyl (C=O) groups excluding carboxylic acids is 2. The van der Waals surface area contributed by atoms with Gasteiger partial charge in [0.05, 0.1) is 16.6 Å². The van der Waals surface area contributed by atoms with Crippen LogP contribution < -0.4 is 5.32 Å². The summed E-state index contributed by atoms with van der Waals surface area (Å²) in [4.78, 5) is 36.5. The van der Waals surface area contributed by atoms with Crippen molar-refractivity contribution in [2.45, 2.75) is 6.92 Å². The molecular weight excluding hydrogens is 399 g/mol. The number of aromatic nitrogens is 1. The van der Waals surface area contributed by atoms with Gasteiger partial charge in [0, 0.05) is 24.2 Å². The summed E-state index contributed by atoms with van der Waals surface area (Å²) in [7, 11) is 0. The Balaban J connectivity index is 1.76. The first-order valence-electron chi connectivity index (χ1n) is 9.40. The van der Waals surface area contributed by atoms with E-state index in [0.717, 1.165) is 0 Å². The number of aromatic carboxylic acids is 1. The fraction of sp³-hybridized carbons (Fsp3) is 0.0417. The predicted molar refractivity (Wildman–Crippen MR) is 115 cm³/mol. The minimum atomic E-state index is -1.18. The Morgan fingerprint density at radius 3 is 2.42 bits per heavy atom. The van der Waals surface area contributed by atoms with E-state index in [1.54, 1.807) is 36.4 Å². The topological polar surface area (TPSA) is 88.4 Å². The summed E-state index contributed by atoms with van der Waals surface area (Å²) in [5.74, 6) is -2.37. The molecule has 1 heterocycles. The molecule has 154 valence electrons. The number of fused-ring (bicyclic) bond motifs is 1. The molecule has 4 rings (SSSR count). The molecule has 0 atom stereocenters. The van der Waals surface area contributed by atoms with Crippen molar-refractivity contribution in [1.82, 2.24) is 4.57 Å². The van der Waals surface area contributed by atoms with Crippen molar-refractivity contribution in [2.24, 2.45) is 0 Å². The van der Waals surface area contributed by atoms with E-state index >= 15 is 0 Å². The summed E-state index contributed by atoms with van der Waals surface area (Å²) in [5.41, 5.74) is 1.98. The van der Waals surface area contributed by atoms with Gasteiger partial charge in [0.15, 0.2) is 0 Å². The third-order valence-electron chi connectivity index (χ3n) is 4.89. The number of benzene rings is 3. The number of amides is 1. The zero-order valence-corrected chi connectivity index (χ0v) is 16.4. The summed E-state index contributed by atoms with van der Waals surface area (Å²) in [6.45, 7) is 1.40. The second-order valence-electron chi connectivity index (χ2n) is 7.02. The zero-order valence-electron chi connectivity index (χ0n) is 16.4. The van der Waals surface area contributed by atoms with E-state index in [1.807, 2.05) is 0 Å². The molecule has 0 radical (unpaired) electrons. The predicted octanol–water partition coefficient (Wildman–Crippen LogP) is 5.06. The molecule has 1 amide bonds. The zero-order chi connectivity index (χ0) is 22.1. The Hall–Kier alpha value is -4.26. The molecule has 0 aliphatic heterocycles. The first kappa shape index (κ1) is 20.0. The number of carboxylic acids is 1. The second-order valence-corrected chi connectivity index (χ2v) is 7.02. The molecule has 0 saturated heterocycles. The molecule has 3 aromatic carbocycles. The summed E-state index contributed by atoms with van der Waals surface area (Å²) >= 11 is 0. The fourth-order valence-corrected chi connectivity index (χ4v) is 3.48. The van der Waals surface area contributed by atoms with Crippen molar-refractivity contribution >= 4 is 34.4 Å². The standard InChI is InChI=1S/C24H17FN2O4/c1-14(28)27-13-21(20-7-2-3-8-22(20)27)23(29)26-19-11-16(9-17(12-19)24(30)31)15-5-4-6-18(25)10-15/h2-13H,1H3,(H,26,29)(H,30,31). The fourth-order valence-electron chi connectivity index (χ4n) is 3.48. The maximum absolute atomic E-state index is 13.6. The van der Waals surface area contributed by atoms with Crippen LogP contribution in [-0.2, 0) is 0 Å². The van der Waals surface area contributed by atoms with Gasteiger partial charge in [-0.2, -0.15) is 0 Å². The molecule has 0 unspecified atom stereocenters. The Morgan fingerprint density at radius 2 is 1.71 bits per heavy atom. The first-order valence-corrected chi connectivity index (χ1v) is 9.40. The van der Waals surface area contributed by atoms with Crippen molar-refractivity contribution in [2.75, 3.05) is 5.32 Å². The number of hydrogen-bond donors (Lipinski definition) is 2. The van der Waals surface area contributed by atoms with Gasteiger partial charge in [0.25, 0.3) is 5.91 Å². The van der Waals surface area contributed by atoms with Crippen molar-refractivity contribution in [3.8, 4) is 11.1 Å². The molecule has 0 bridgehead atoms. The summed E-state index contributed by atoms with van der Waals surface area (Å²) in [6.07, 6.45) is 1.46. The van der Waals surface area contributed by atoms with Gasteiger partial charge in [-0.1, -0.05) is 30.3 Å². The van der Waals surface area contributed by atoms with Crippen LogP contribution in [0.3, 0.4) is 0 Å². The van der Waals surface area contributed by atoms with Crippen LogP contribution in [0.4, 0.5) is 10.1 Å². The summed E-state index contributed by atoms with van der Waals surface area (Å²) in [6, 6.07) is 17.1. The number of para-hydroxylation sites is 1. The number of nitrogens with zero attached hydrogens (tertiary/aromatic N) is 1. The number of nitrogens with one attached hydrogen (secondary N) is 1. The Kier molecular flexibility index (Phi) is 5.09. The monoisotopic (exact) mass is 416 g/mol. The van der Waals surface area contributed by atoms with E-state index in [9.17, 15) is 23.9 Å². The van der Waals surface area contributed by atoms with E-state index in [-0.39, 0.29) is 22.7 Å². The summed E-state index contributed by atoms with van der Waals surface area (Å²) in [5, 5.41) is 12.8. The minimum absolute atomic E-state index is 0.0526. The lowest BCUT2D eigenvalue weighted by molar-refractivity contribution is 0.0696. The molecule has 31 heavy (non-hydrogen) atoms. The highest BCUT2D eigenvalue weighted by Crippen LogP contribution is 2.27. The molecule has 0 fully saturated rings. The van der Waals surface area contributed by atoms with Gasteiger partial charge in [-0.25, -0.2) is 9.18 Å². The van der Waals surface area contributed by atoms with E-state index in [4.69, 9.17) is 0 Å². The van der Waals surface area contributed by atoms with Crippen molar-refractivity contribution in [3.05, 3.63) is 89.9 Å². The number of carboxylic acid groups (broad SMARTS) is 1. The largest absolute Gasteiger partial charge is 0.478 e. The highest BCUT2D eigenvalue weighted by atomic mass is 19.1. The van der Waals surface area contributed by atoms with Crippen LogP contribution in [0.1, 0.15) is 32.4 Å². The summed E-state index contributed by atoms with van der Waals surface area (Å²) < 4.78 is 15.0. The second kappa shape index (κ2) is 7.87. The van der Waals surface area contributed by atoms with Crippen molar-refractivity contribution < 1.29 is 23.9 Å². The molecule has 1 aromatic heterocycles. The molecule has 0 aliphatic rings. The van der Waals surface area contributed by atoms with Crippen LogP contribution in [0, 0.1) is 5.82 Å². The third kappa shape index (κ3) is 3.93. The smallest absolute Gasteiger partial charge is 0.335 e. The quantitative estimate of drug-likeness (QED) is 0.487. The van der Waals surface area contributed by atoms with Crippen LogP contribution in [-0.4, -0.2) is 27.5 Å². The molecular formula is C24H17FN2O4. The van der Waals surface area contributed by atoms with Gasteiger partial charge in [0.2, 0.25) is 5.91 Å². The average Bonchev–Trinajstić information content (AvgIpc) is 3.14. The van der Waals surface area contributed by atoms with Gasteiger partial charge in [0.1, 0.15) is 5.82 Å². The highest BCUT2D eigenvalue weighted by molar-refractivity contribution is 6.14. The van der Waals surface area contributed by atoms with E-state index in [2.05, 4.69) is 5.32 Å². The van der Waals surface area contributed by atoms with Crippen molar-refractivity contribution in [1.29, 1.82) is 0 Å². The van der Waals surface area contributed by atoms with Crippen LogP contribution in [0.2, 0.25) is 0 Å². The maximum Gasteiger partial charge on any atom is 0.335 e. The van der Waals surface area contributed by atoms with Crippen molar-refractivity contribution in [3.63, 3.8) is 0 Å². The number of hydrogen-bond acceptors (Lipinski definition) is 3. The van der Waals surface area contributed by atoms with Crippen LogP contribution in [0.5, 0.6) is 0 Å². The molecule has 0 aliphatic carbocycles. The molecule has 0 saturated carbocycles. The average molecular weight is 416 g/mol. The van der Waals surface area contributed by atoms with Gasteiger partial charge in [-0.15, -0.1) is 0 Å². The Bertz CT molecular complexity index is 1360. The molecule has 2 N–H and O–H groups in total. The third-order valence-corrected chi connectivity index (χ3v) is 4.89. The Morgan fingerprint density at radius 1 is 0.935 bits per heavy atom. The number of rotatable bonds is 4. The van der Waals surface area contributed by atoms with E-state index < -0.39 is 17.7 Å². The lowest BCUT2D eigenvalue weighted by Crippen LogP contribution is -2.13. The maximum atomic E-state index is 13.6. The normalized spacial score (nSPS) is 10.8. The van der Waals surface area contributed by atoms with E-state index in [1.165, 1.54) is 48.0 Å². The van der Waals surface area contributed by atoms with Crippen LogP contribution >= 0.6 is 0 Å². The van der Waals surface area contributed by atoms with Crippen LogP contribution in [0.25, 0.3) is 22.0 Å². The van der Waals surface area contributed by atoms with E-state index in [0.29, 0.717) is 22.0 Å². The van der Waals surface area contributed by atoms with Gasteiger partial charge >= 0.3 is 5.97 Å². The Labute approximate surface area is 176 Å². The van der Waals surface area contributed by atoms with Gasteiger partial charge in [-0.05, 0) is 47.5 Å². The lowest BCUT2D eigenvalue weighted by atomic mass is 10.0. The van der Waals surface area contributed by atoms with Gasteiger partial charge in [-0.3, -0.25) is 14.2 Å². The highest BCUT2D eigenvalue weighted by Gasteiger charge is 2.18.